The quantitative estimate of drug-likeness (QED) is 0.360. The Bertz CT molecular complexity index is 906. The van der Waals surface area contributed by atoms with Crippen molar-refractivity contribution in [2.45, 2.75) is 33.2 Å². The van der Waals surface area contributed by atoms with Crippen molar-refractivity contribution in [3.05, 3.63) is 24.0 Å². The summed E-state index contributed by atoms with van der Waals surface area (Å²) in [4.78, 5) is 21.4. The Kier molecular flexibility index (Phi) is 7.32. The van der Waals surface area contributed by atoms with Gasteiger partial charge in [0, 0.05) is 52.4 Å². The van der Waals surface area contributed by atoms with E-state index < -0.39 is 0 Å². The molecule has 1 amide bonds. The number of carbonyl (C=O) groups is 1. The van der Waals surface area contributed by atoms with Gasteiger partial charge in [0.2, 0.25) is 5.91 Å². The Hall–Kier alpha value is -2.18. The van der Waals surface area contributed by atoms with Gasteiger partial charge in [0.1, 0.15) is 18.2 Å². The van der Waals surface area contributed by atoms with Crippen molar-refractivity contribution in [2.24, 2.45) is 18.0 Å². The van der Waals surface area contributed by atoms with Crippen LogP contribution in [-0.4, -0.2) is 74.0 Å². The highest BCUT2D eigenvalue weighted by atomic mass is 127. The van der Waals surface area contributed by atoms with Gasteiger partial charge in [-0.1, -0.05) is 0 Å². The first kappa shape index (κ1) is 22.5. The third kappa shape index (κ3) is 4.76. The number of aliphatic imine (C=N–C) groups is 1. The largest absolute Gasteiger partial charge is 0.357 e. The Morgan fingerprint density at radius 3 is 2.87 bits per heavy atom. The lowest BCUT2D eigenvalue weighted by Crippen LogP contribution is -2.55. The number of halogens is 1. The highest BCUT2D eigenvalue weighted by molar-refractivity contribution is 14.0. The zero-order valence-corrected chi connectivity index (χ0v) is 20.1. The van der Waals surface area contributed by atoms with Crippen LogP contribution in [-0.2, 0) is 24.8 Å². The molecule has 1 saturated heterocycles. The van der Waals surface area contributed by atoms with Crippen LogP contribution in [0, 0.1) is 12.8 Å². The zero-order valence-electron chi connectivity index (χ0n) is 17.8. The third-order valence-corrected chi connectivity index (χ3v) is 5.59. The lowest BCUT2D eigenvalue weighted by molar-refractivity contribution is -0.120. The molecular weight excluding hydrogens is 497 g/mol. The van der Waals surface area contributed by atoms with Gasteiger partial charge >= 0.3 is 0 Å². The van der Waals surface area contributed by atoms with Crippen LogP contribution in [0.15, 0.2) is 17.4 Å². The van der Waals surface area contributed by atoms with Gasteiger partial charge in [-0.25, -0.2) is 0 Å². The van der Waals surface area contributed by atoms with Crippen LogP contribution in [0.4, 0.5) is 5.69 Å². The van der Waals surface area contributed by atoms with Crippen molar-refractivity contribution >= 4 is 41.5 Å². The lowest BCUT2D eigenvalue weighted by Gasteiger charge is -2.35. The molecule has 2 aromatic heterocycles. The molecule has 2 aliphatic heterocycles. The first-order valence-electron chi connectivity index (χ1n) is 10.3. The summed E-state index contributed by atoms with van der Waals surface area (Å²) < 4.78 is 3.92. The Morgan fingerprint density at radius 1 is 1.33 bits per heavy atom. The predicted octanol–water partition coefficient (Wildman–Crippen LogP) is 0.815. The number of amides is 1. The maximum Gasteiger partial charge on any atom is 0.246 e. The van der Waals surface area contributed by atoms with E-state index in [1.54, 1.807) is 15.8 Å². The van der Waals surface area contributed by atoms with Gasteiger partial charge in [0.05, 0.1) is 11.9 Å². The normalized spacial score (nSPS) is 19.5. The first-order chi connectivity index (χ1) is 14.0. The van der Waals surface area contributed by atoms with Crippen LogP contribution in [0.1, 0.15) is 25.0 Å². The first-order valence-corrected chi connectivity index (χ1v) is 10.3. The molecule has 0 aromatic carbocycles. The number of fused-ring (bicyclic) bond motifs is 1. The highest BCUT2D eigenvalue weighted by Crippen LogP contribution is 2.20. The monoisotopic (exact) mass is 527 g/mol. The number of piperazine rings is 1. The minimum atomic E-state index is 0. The third-order valence-electron chi connectivity index (χ3n) is 5.59. The molecule has 1 N–H and O–H groups in total. The number of aromatic nitrogens is 5. The van der Waals surface area contributed by atoms with Crippen molar-refractivity contribution in [3.63, 3.8) is 0 Å². The SMILES string of the molecule is CCNC(=NCC1CCc2nnc(C)n2C1)N1CCN(c2cnn(C)c2)C(=O)C1.I. The molecule has 4 rings (SSSR count). The molecule has 2 aliphatic rings. The number of aryl methyl sites for hydroxylation is 3. The van der Waals surface area contributed by atoms with E-state index >= 15 is 0 Å². The second-order valence-electron chi connectivity index (χ2n) is 7.71. The van der Waals surface area contributed by atoms with E-state index in [2.05, 4.69) is 37.0 Å². The summed E-state index contributed by atoms with van der Waals surface area (Å²) in [7, 11) is 1.86. The van der Waals surface area contributed by atoms with E-state index in [9.17, 15) is 4.79 Å². The molecule has 4 heterocycles. The summed E-state index contributed by atoms with van der Waals surface area (Å²) in [5, 5.41) is 15.9. The molecule has 0 aliphatic carbocycles. The Morgan fingerprint density at radius 2 is 2.17 bits per heavy atom. The van der Waals surface area contributed by atoms with Crippen LogP contribution in [0.5, 0.6) is 0 Å². The van der Waals surface area contributed by atoms with Crippen LogP contribution in [0.3, 0.4) is 0 Å². The van der Waals surface area contributed by atoms with E-state index in [0.29, 0.717) is 19.0 Å². The second-order valence-corrected chi connectivity index (χ2v) is 7.71. The molecule has 0 spiro atoms. The summed E-state index contributed by atoms with van der Waals surface area (Å²) in [5.74, 6) is 3.39. The molecule has 1 fully saturated rings. The Labute approximate surface area is 193 Å². The minimum absolute atomic E-state index is 0. The van der Waals surface area contributed by atoms with Crippen LogP contribution in [0.25, 0.3) is 0 Å². The number of nitrogens with one attached hydrogen (secondary N) is 1. The molecule has 0 radical (unpaired) electrons. The average molecular weight is 527 g/mol. The summed E-state index contributed by atoms with van der Waals surface area (Å²) in [5.41, 5.74) is 0.849. The van der Waals surface area contributed by atoms with Gasteiger partial charge in [0.15, 0.2) is 5.96 Å². The number of carbonyl (C=O) groups excluding carboxylic acids is 1. The van der Waals surface area contributed by atoms with Crippen molar-refractivity contribution < 1.29 is 4.79 Å². The molecule has 0 bridgehead atoms. The fourth-order valence-electron chi connectivity index (χ4n) is 4.00. The van der Waals surface area contributed by atoms with Crippen molar-refractivity contribution in [3.8, 4) is 0 Å². The second kappa shape index (κ2) is 9.75. The smallest absolute Gasteiger partial charge is 0.246 e. The van der Waals surface area contributed by atoms with Gasteiger partial charge in [-0.05, 0) is 26.2 Å². The van der Waals surface area contributed by atoms with Gasteiger partial charge in [-0.15, -0.1) is 34.2 Å². The van der Waals surface area contributed by atoms with Crippen molar-refractivity contribution in [1.82, 2.24) is 34.8 Å². The van der Waals surface area contributed by atoms with Crippen molar-refractivity contribution in [2.75, 3.05) is 37.6 Å². The van der Waals surface area contributed by atoms with E-state index in [-0.39, 0.29) is 29.9 Å². The fourth-order valence-corrected chi connectivity index (χ4v) is 4.00. The summed E-state index contributed by atoms with van der Waals surface area (Å²) >= 11 is 0. The molecule has 0 saturated carbocycles. The molecule has 30 heavy (non-hydrogen) atoms. The molecule has 2 aromatic rings. The maximum atomic E-state index is 12.7. The zero-order chi connectivity index (χ0) is 20.4. The van der Waals surface area contributed by atoms with Crippen molar-refractivity contribution in [1.29, 1.82) is 0 Å². The van der Waals surface area contributed by atoms with Crippen LogP contribution < -0.4 is 10.2 Å². The standard InChI is InChI=1S/C19H29N9O.HI/c1-4-20-19(21-9-15-5-6-17-24-23-14(2)28(17)11-15)26-7-8-27(18(29)13-26)16-10-22-25(3)12-16;/h10,12,15H,4-9,11,13H2,1-3H3,(H,20,21);1H. The number of guanidine groups is 1. The van der Waals surface area contributed by atoms with Gasteiger partial charge < -0.3 is 19.7 Å². The maximum absolute atomic E-state index is 12.7. The molecular formula is C19H30IN9O. The molecule has 164 valence electrons. The van der Waals surface area contributed by atoms with E-state index in [4.69, 9.17) is 4.99 Å². The Balaban J connectivity index is 0.00000256. The summed E-state index contributed by atoms with van der Waals surface area (Å²) in [6.07, 6.45) is 5.61. The van der Waals surface area contributed by atoms with E-state index in [0.717, 1.165) is 62.3 Å². The number of anilines is 1. The molecule has 10 nitrogen and oxygen atoms in total. The summed E-state index contributed by atoms with van der Waals surface area (Å²) in [6, 6.07) is 0. The van der Waals surface area contributed by atoms with E-state index in [1.165, 1.54) is 0 Å². The predicted molar refractivity (Wildman–Crippen MR) is 125 cm³/mol. The number of hydrogen-bond donors (Lipinski definition) is 1. The molecule has 1 atom stereocenters. The van der Waals surface area contributed by atoms with Gasteiger partial charge in [-0.3, -0.25) is 14.5 Å². The summed E-state index contributed by atoms with van der Waals surface area (Å²) in [6.45, 7) is 8.15. The molecule has 1 unspecified atom stereocenters. The minimum Gasteiger partial charge on any atom is -0.357 e. The molecule has 11 heteroatoms. The fraction of sp³-hybridized carbons (Fsp3) is 0.632. The van der Waals surface area contributed by atoms with Crippen LogP contribution in [0.2, 0.25) is 0 Å². The lowest BCUT2D eigenvalue weighted by atomic mass is 9.99. The number of rotatable bonds is 4. The number of nitrogens with zero attached hydrogens (tertiary/aromatic N) is 8. The topological polar surface area (TPSA) is 96.5 Å². The van der Waals surface area contributed by atoms with E-state index in [1.807, 2.05) is 20.2 Å². The number of hydrogen-bond acceptors (Lipinski definition) is 5. The van der Waals surface area contributed by atoms with Crippen LogP contribution >= 0.6 is 24.0 Å². The average Bonchev–Trinajstić information content (AvgIpc) is 3.31. The van der Waals surface area contributed by atoms with Gasteiger partial charge in [-0.2, -0.15) is 5.10 Å². The highest BCUT2D eigenvalue weighted by Gasteiger charge is 2.28. The van der Waals surface area contributed by atoms with Gasteiger partial charge in [0.25, 0.3) is 0 Å².